The summed E-state index contributed by atoms with van der Waals surface area (Å²) < 4.78 is 39.3. The third-order valence-corrected chi connectivity index (χ3v) is 7.09. The molecule has 0 bridgehead atoms. The van der Waals surface area contributed by atoms with E-state index in [1.807, 2.05) is 30.3 Å². The average Bonchev–Trinajstić information content (AvgIpc) is 3.59. The van der Waals surface area contributed by atoms with Crippen molar-refractivity contribution in [1.82, 2.24) is 30.1 Å². The highest BCUT2D eigenvalue weighted by Gasteiger charge is 2.37. The number of ether oxygens (including phenoxy) is 2. The number of carbonyl (C=O) groups excluding carboxylic acids is 2. The monoisotopic (exact) mass is 607 g/mol. The first-order valence-electron chi connectivity index (χ1n) is 13.7. The van der Waals surface area contributed by atoms with Crippen LogP contribution in [0.2, 0.25) is 0 Å². The van der Waals surface area contributed by atoms with Crippen molar-refractivity contribution < 1.29 is 32.7 Å². The molecule has 2 amide bonds. The van der Waals surface area contributed by atoms with Gasteiger partial charge in [0.05, 0.1) is 31.1 Å². The predicted molar refractivity (Wildman–Crippen MR) is 155 cm³/mol. The maximum Gasteiger partial charge on any atom is 0.357 e. The van der Waals surface area contributed by atoms with E-state index in [4.69, 9.17) is 19.4 Å². The summed E-state index contributed by atoms with van der Waals surface area (Å²) in [4.78, 5) is 39.3. The molecular formula is C30H31F2N7O5. The van der Waals surface area contributed by atoms with Gasteiger partial charge in [0.1, 0.15) is 18.6 Å². The van der Waals surface area contributed by atoms with Gasteiger partial charge < -0.3 is 14.8 Å². The van der Waals surface area contributed by atoms with E-state index in [0.717, 1.165) is 0 Å². The number of aromatic nitrogens is 4. The van der Waals surface area contributed by atoms with Gasteiger partial charge in [-0.1, -0.05) is 18.2 Å². The first-order valence-corrected chi connectivity index (χ1v) is 13.7. The van der Waals surface area contributed by atoms with Crippen LogP contribution < -0.4 is 10.6 Å². The summed E-state index contributed by atoms with van der Waals surface area (Å²) in [5, 5.41) is 12.2. The zero-order valence-corrected chi connectivity index (χ0v) is 24.3. The van der Waals surface area contributed by atoms with Crippen LogP contribution in [-0.4, -0.2) is 76.8 Å². The van der Waals surface area contributed by atoms with Crippen LogP contribution in [-0.2, 0) is 21.0 Å². The molecule has 4 aromatic rings. The Morgan fingerprint density at radius 3 is 2.64 bits per heavy atom. The molecule has 3 aromatic heterocycles. The number of methoxy groups -OCH3 is 2. The third-order valence-electron chi connectivity index (χ3n) is 7.09. The molecule has 0 saturated carbocycles. The number of benzene rings is 1. The van der Waals surface area contributed by atoms with E-state index >= 15 is 0 Å². The van der Waals surface area contributed by atoms with Gasteiger partial charge in [-0.3, -0.25) is 10.2 Å². The molecule has 2 N–H and O–H groups in total. The number of urea groups is 1. The lowest BCUT2D eigenvalue weighted by atomic mass is 10.0. The van der Waals surface area contributed by atoms with Gasteiger partial charge in [0.2, 0.25) is 5.95 Å². The van der Waals surface area contributed by atoms with Gasteiger partial charge in [0.25, 0.3) is 0 Å². The topological polar surface area (TPSA) is 133 Å². The lowest BCUT2D eigenvalue weighted by Crippen LogP contribution is -2.42. The fourth-order valence-corrected chi connectivity index (χ4v) is 4.95. The molecule has 230 valence electrons. The van der Waals surface area contributed by atoms with Gasteiger partial charge in [-0.2, -0.15) is 14.6 Å². The van der Waals surface area contributed by atoms with Gasteiger partial charge >= 0.3 is 12.0 Å². The van der Waals surface area contributed by atoms with Crippen LogP contribution in [0.25, 0.3) is 16.9 Å². The van der Waals surface area contributed by atoms with Crippen LogP contribution in [0.5, 0.6) is 0 Å². The van der Waals surface area contributed by atoms with E-state index in [-0.39, 0.29) is 11.3 Å². The molecule has 1 saturated heterocycles. The number of nitrogens with zero attached hydrogens (tertiary/aromatic N) is 5. The Hall–Kier alpha value is -4.79. The maximum absolute atomic E-state index is 14.0. The van der Waals surface area contributed by atoms with Crippen LogP contribution in [0.4, 0.5) is 19.4 Å². The lowest BCUT2D eigenvalue weighted by Gasteiger charge is -2.19. The number of nitrogens with one attached hydrogen (secondary N) is 2. The molecule has 14 heteroatoms. The number of amides is 2. The number of hydrogen-bond donors (Lipinski definition) is 2. The second-order valence-corrected chi connectivity index (χ2v) is 9.95. The minimum atomic E-state index is -0.940. The molecule has 0 spiro atoms. The summed E-state index contributed by atoms with van der Waals surface area (Å²) in [7, 11) is 2.77. The summed E-state index contributed by atoms with van der Waals surface area (Å²) in [5.74, 6) is -1.06. The van der Waals surface area contributed by atoms with E-state index in [1.165, 1.54) is 31.6 Å². The van der Waals surface area contributed by atoms with Crippen LogP contribution in [0, 0.1) is 12.9 Å². The molecule has 1 fully saturated rings. The van der Waals surface area contributed by atoms with Gasteiger partial charge in [0.15, 0.2) is 5.69 Å². The lowest BCUT2D eigenvalue weighted by molar-refractivity contribution is -0.154. The Kier molecular flexibility index (Phi) is 9.53. The molecule has 1 aliphatic heterocycles. The number of esters is 1. The van der Waals surface area contributed by atoms with Gasteiger partial charge in [-0.05, 0) is 42.8 Å². The minimum absolute atomic E-state index is 0.0492. The molecule has 1 aromatic carbocycles. The molecule has 0 radical (unpaired) electrons. The molecule has 0 aliphatic carbocycles. The highest BCUT2D eigenvalue weighted by Crippen LogP contribution is 2.32. The van der Waals surface area contributed by atoms with Gasteiger partial charge in [-0.25, -0.2) is 28.6 Å². The molecule has 0 unspecified atom stereocenters. The molecular weight excluding hydrogens is 576 g/mol. The molecule has 2 atom stereocenters. The highest BCUT2D eigenvalue weighted by molar-refractivity contribution is 5.92. The van der Waals surface area contributed by atoms with Crippen LogP contribution >= 0.6 is 0 Å². The van der Waals surface area contributed by atoms with E-state index in [1.54, 1.807) is 29.8 Å². The highest BCUT2D eigenvalue weighted by atomic mass is 19.1. The molecule has 4 heterocycles. The van der Waals surface area contributed by atoms with Crippen molar-refractivity contribution in [3.63, 3.8) is 0 Å². The van der Waals surface area contributed by atoms with Gasteiger partial charge in [-0.15, -0.1) is 0 Å². The minimum Gasteiger partial charge on any atom is -0.464 e. The Labute approximate surface area is 251 Å². The number of alkyl halides is 1. The number of pyridine rings is 2. The largest absolute Gasteiger partial charge is 0.464 e. The summed E-state index contributed by atoms with van der Waals surface area (Å²) in [6.07, 6.45) is 2.07. The quantitative estimate of drug-likeness (QED) is 0.201. The normalized spacial score (nSPS) is 16.6. The fourth-order valence-electron chi connectivity index (χ4n) is 4.95. The summed E-state index contributed by atoms with van der Waals surface area (Å²) in [5.41, 5.74) is 2.52. The standard InChI is InChI=1S/C30H31F2N7O5/c1-18-25(21-13-20(15-31)26(34-16-21)29(40)43-3)37-39(22-7-5-4-6-8-22)28(18)36-30(41)35-23-17-38(11-12-42-2)44-27(23)19-9-10-33-24(32)14-19/h4-10,13-14,16,23,27H,11-12,15,17H2,1-3H3,(H2,35,36,41)/t23-,27+/m1/s1. The van der Waals surface area contributed by atoms with Crippen LogP contribution in [0.1, 0.15) is 33.3 Å². The van der Waals surface area contributed by atoms with E-state index < -0.39 is 36.8 Å². The number of para-hydroxylation sites is 1. The number of hydroxylamine groups is 2. The van der Waals surface area contributed by atoms with Crippen molar-refractivity contribution in [3.8, 4) is 16.9 Å². The zero-order chi connectivity index (χ0) is 31.2. The number of hydrogen-bond acceptors (Lipinski definition) is 9. The first-order chi connectivity index (χ1) is 21.3. The van der Waals surface area contributed by atoms with Crippen molar-refractivity contribution in [2.24, 2.45) is 0 Å². The second-order valence-electron chi connectivity index (χ2n) is 9.95. The van der Waals surface area contributed by atoms with Crippen molar-refractivity contribution >= 4 is 17.8 Å². The van der Waals surface area contributed by atoms with Crippen molar-refractivity contribution in [2.45, 2.75) is 25.7 Å². The number of halogens is 2. The van der Waals surface area contributed by atoms with Crippen molar-refractivity contribution in [2.75, 3.05) is 39.2 Å². The summed E-state index contributed by atoms with van der Waals surface area (Å²) in [6, 6.07) is 12.4. The first kappa shape index (κ1) is 30.7. The fraction of sp³-hybridized carbons (Fsp3) is 0.300. The summed E-state index contributed by atoms with van der Waals surface area (Å²) >= 11 is 0. The number of anilines is 1. The Balaban J connectivity index is 1.46. The summed E-state index contributed by atoms with van der Waals surface area (Å²) in [6.45, 7) is 1.97. The van der Waals surface area contributed by atoms with E-state index in [9.17, 15) is 18.4 Å². The smallest absolute Gasteiger partial charge is 0.357 e. The number of rotatable bonds is 10. The number of carbonyl (C=O) groups is 2. The molecule has 1 aliphatic rings. The maximum atomic E-state index is 14.0. The average molecular weight is 608 g/mol. The van der Waals surface area contributed by atoms with E-state index in [0.29, 0.717) is 53.6 Å². The Morgan fingerprint density at radius 2 is 1.93 bits per heavy atom. The predicted octanol–water partition coefficient (Wildman–Crippen LogP) is 4.16. The molecule has 44 heavy (non-hydrogen) atoms. The zero-order valence-electron chi connectivity index (χ0n) is 24.3. The second kappa shape index (κ2) is 13.7. The Bertz CT molecular complexity index is 1640. The van der Waals surface area contributed by atoms with Gasteiger partial charge in [0, 0.05) is 49.3 Å². The Morgan fingerprint density at radius 1 is 1.14 bits per heavy atom. The van der Waals surface area contributed by atoms with Crippen molar-refractivity contribution in [1.29, 1.82) is 0 Å². The molecule has 12 nitrogen and oxygen atoms in total. The third kappa shape index (κ3) is 6.56. The van der Waals surface area contributed by atoms with Crippen LogP contribution in [0.3, 0.4) is 0 Å². The van der Waals surface area contributed by atoms with Crippen LogP contribution in [0.15, 0.2) is 60.9 Å². The van der Waals surface area contributed by atoms with Crippen molar-refractivity contribution in [3.05, 3.63) is 89.3 Å². The van der Waals surface area contributed by atoms with E-state index in [2.05, 4.69) is 20.6 Å². The SMILES string of the molecule is COCCN1C[C@@H](NC(=O)Nc2c(C)c(-c3cnc(C(=O)OC)c(CF)c3)nn2-c2ccccc2)[C@H](c2ccnc(F)c2)O1. The molecule has 5 rings (SSSR count).